The molecule has 118 valence electrons. The van der Waals surface area contributed by atoms with E-state index in [0.717, 1.165) is 16.7 Å². The molecule has 0 unspecified atom stereocenters. The van der Waals surface area contributed by atoms with Crippen molar-refractivity contribution in [3.8, 4) is 28.3 Å². The fraction of sp³-hybridized carbons (Fsp3) is 0.174. The highest BCUT2D eigenvalue weighted by Gasteiger charge is 2.11. The van der Waals surface area contributed by atoms with Gasteiger partial charge in [0.25, 0.3) is 0 Å². The molecular formula is C23H21N. The van der Waals surface area contributed by atoms with E-state index in [2.05, 4.69) is 76.2 Å². The Morgan fingerprint density at radius 1 is 0.667 bits per heavy atom. The molecule has 0 saturated carbocycles. The van der Waals surface area contributed by atoms with E-state index in [9.17, 15) is 0 Å². The molecule has 0 atom stereocenters. The molecule has 24 heavy (non-hydrogen) atoms. The smallest absolute Gasteiger partial charge is 0.0991 e. The molecule has 0 fully saturated rings. The summed E-state index contributed by atoms with van der Waals surface area (Å²) in [6.07, 6.45) is 0. The van der Waals surface area contributed by atoms with Crippen LogP contribution in [-0.4, -0.2) is 0 Å². The summed E-state index contributed by atoms with van der Waals surface area (Å²) in [6, 6.07) is 21.3. The van der Waals surface area contributed by atoms with Crippen LogP contribution in [-0.2, 0) is 0 Å². The summed E-state index contributed by atoms with van der Waals surface area (Å²) in [5.41, 5.74) is 10.6. The Bertz CT molecular complexity index is 935. The van der Waals surface area contributed by atoms with E-state index in [1.807, 2.05) is 12.1 Å². The van der Waals surface area contributed by atoms with Gasteiger partial charge in [0.15, 0.2) is 0 Å². The molecule has 0 aliphatic rings. The molecule has 1 nitrogen and oxygen atoms in total. The lowest BCUT2D eigenvalue weighted by molar-refractivity contribution is 1.34. The van der Waals surface area contributed by atoms with E-state index in [4.69, 9.17) is 5.26 Å². The van der Waals surface area contributed by atoms with Gasteiger partial charge in [-0.2, -0.15) is 5.26 Å². The molecule has 0 bridgehead atoms. The van der Waals surface area contributed by atoms with Crippen molar-refractivity contribution < 1.29 is 0 Å². The normalized spacial score (nSPS) is 10.5. The number of nitriles is 1. The monoisotopic (exact) mass is 311 g/mol. The van der Waals surface area contributed by atoms with Crippen molar-refractivity contribution in [2.24, 2.45) is 0 Å². The molecule has 0 spiro atoms. The minimum absolute atomic E-state index is 0.722. The van der Waals surface area contributed by atoms with Gasteiger partial charge in [0, 0.05) is 0 Å². The predicted molar refractivity (Wildman–Crippen MR) is 101 cm³/mol. The van der Waals surface area contributed by atoms with E-state index >= 15 is 0 Å². The SMILES string of the molecule is Cc1ccccc1-c1cc(-c2c(C)cc(C#N)cc2C)ccc1C. The molecule has 0 aliphatic heterocycles. The highest BCUT2D eigenvalue weighted by Crippen LogP contribution is 2.34. The summed E-state index contributed by atoms with van der Waals surface area (Å²) in [7, 11) is 0. The first kappa shape index (κ1) is 16.0. The zero-order valence-corrected chi connectivity index (χ0v) is 14.6. The Morgan fingerprint density at radius 2 is 1.29 bits per heavy atom. The first-order valence-electron chi connectivity index (χ1n) is 8.19. The van der Waals surface area contributed by atoms with Crippen molar-refractivity contribution in [3.63, 3.8) is 0 Å². The lowest BCUT2D eigenvalue weighted by Crippen LogP contribution is -1.93. The van der Waals surface area contributed by atoms with Crippen LogP contribution in [0.25, 0.3) is 22.3 Å². The van der Waals surface area contributed by atoms with Gasteiger partial charge >= 0.3 is 0 Å². The third kappa shape index (κ3) is 2.84. The van der Waals surface area contributed by atoms with Crippen LogP contribution in [0.3, 0.4) is 0 Å². The number of benzene rings is 3. The molecule has 0 radical (unpaired) electrons. The highest BCUT2D eigenvalue weighted by atomic mass is 14.2. The number of aryl methyl sites for hydroxylation is 4. The van der Waals surface area contributed by atoms with Gasteiger partial charge in [-0.25, -0.2) is 0 Å². The molecule has 0 heterocycles. The van der Waals surface area contributed by atoms with Gasteiger partial charge in [0.1, 0.15) is 0 Å². The maximum Gasteiger partial charge on any atom is 0.0991 e. The summed E-state index contributed by atoms with van der Waals surface area (Å²) in [5, 5.41) is 9.16. The van der Waals surface area contributed by atoms with Gasteiger partial charge in [0.2, 0.25) is 0 Å². The molecular weight excluding hydrogens is 290 g/mol. The molecule has 0 aliphatic carbocycles. The van der Waals surface area contributed by atoms with Crippen LogP contribution in [0.5, 0.6) is 0 Å². The fourth-order valence-electron chi connectivity index (χ4n) is 3.43. The van der Waals surface area contributed by atoms with Gasteiger partial charge in [0.05, 0.1) is 11.6 Å². The predicted octanol–water partition coefficient (Wildman–Crippen LogP) is 6.13. The summed E-state index contributed by atoms with van der Waals surface area (Å²) < 4.78 is 0. The standard InChI is InChI=1S/C23H21N/c1-15-7-5-6-8-21(15)22-13-20(10-9-16(22)2)23-17(3)11-19(14-24)12-18(23)4/h5-13H,1-4H3. The lowest BCUT2D eigenvalue weighted by Gasteiger charge is -2.15. The maximum atomic E-state index is 9.16. The summed E-state index contributed by atoms with van der Waals surface area (Å²) in [6.45, 7) is 8.47. The third-order valence-electron chi connectivity index (χ3n) is 4.62. The van der Waals surface area contributed by atoms with Gasteiger partial charge in [-0.05, 0) is 90.4 Å². The number of rotatable bonds is 2. The molecule has 0 saturated heterocycles. The Morgan fingerprint density at radius 3 is 1.92 bits per heavy atom. The quantitative estimate of drug-likeness (QED) is 0.559. The van der Waals surface area contributed by atoms with Gasteiger partial charge in [-0.15, -0.1) is 0 Å². The molecule has 3 aromatic rings. The minimum atomic E-state index is 0.722. The second-order valence-corrected chi connectivity index (χ2v) is 6.44. The van der Waals surface area contributed by atoms with Crippen LogP contribution in [0.4, 0.5) is 0 Å². The van der Waals surface area contributed by atoms with E-state index in [0.29, 0.717) is 0 Å². The largest absolute Gasteiger partial charge is 0.192 e. The van der Waals surface area contributed by atoms with E-state index in [-0.39, 0.29) is 0 Å². The molecule has 0 N–H and O–H groups in total. The van der Waals surface area contributed by atoms with E-state index in [1.54, 1.807) is 0 Å². The lowest BCUT2D eigenvalue weighted by atomic mass is 9.89. The van der Waals surface area contributed by atoms with Crippen LogP contribution in [0, 0.1) is 39.0 Å². The fourth-order valence-corrected chi connectivity index (χ4v) is 3.43. The topological polar surface area (TPSA) is 23.8 Å². The summed E-state index contributed by atoms with van der Waals surface area (Å²) >= 11 is 0. The Balaban J connectivity index is 2.21. The van der Waals surface area contributed by atoms with Gasteiger partial charge in [-0.3, -0.25) is 0 Å². The zero-order valence-electron chi connectivity index (χ0n) is 14.6. The summed E-state index contributed by atoms with van der Waals surface area (Å²) in [4.78, 5) is 0. The van der Waals surface area contributed by atoms with Crippen molar-refractivity contribution in [2.75, 3.05) is 0 Å². The van der Waals surface area contributed by atoms with Crippen molar-refractivity contribution in [3.05, 3.63) is 82.4 Å². The molecule has 3 rings (SSSR count). The minimum Gasteiger partial charge on any atom is -0.192 e. The third-order valence-corrected chi connectivity index (χ3v) is 4.62. The average molecular weight is 311 g/mol. The van der Waals surface area contributed by atoms with Crippen molar-refractivity contribution >= 4 is 0 Å². The van der Waals surface area contributed by atoms with Crippen LogP contribution >= 0.6 is 0 Å². The van der Waals surface area contributed by atoms with Crippen LogP contribution in [0.2, 0.25) is 0 Å². The van der Waals surface area contributed by atoms with Gasteiger partial charge in [-0.1, -0.05) is 36.4 Å². The summed E-state index contributed by atoms with van der Waals surface area (Å²) in [5.74, 6) is 0. The number of nitrogens with zero attached hydrogens (tertiary/aromatic N) is 1. The van der Waals surface area contributed by atoms with Crippen molar-refractivity contribution in [2.45, 2.75) is 27.7 Å². The first-order chi connectivity index (χ1) is 11.5. The van der Waals surface area contributed by atoms with Gasteiger partial charge < -0.3 is 0 Å². The van der Waals surface area contributed by atoms with E-state index in [1.165, 1.54) is 33.4 Å². The first-order valence-corrected chi connectivity index (χ1v) is 8.19. The number of hydrogen-bond donors (Lipinski definition) is 0. The highest BCUT2D eigenvalue weighted by molar-refractivity contribution is 5.79. The second-order valence-electron chi connectivity index (χ2n) is 6.44. The van der Waals surface area contributed by atoms with Crippen molar-refractivity contribution in [1.29, 1.82) is 5.26 Å². The Hall–Kier alpha value is -2.85. The zero-order chi connectivity index (χ0) is 17.3. The molecule has 0 aromatic heterocycles. The molecule has 3 aromatic carbocycles. The van der Waals surface area contributed by atoms with Crippen LogP contribution in [0.1, 0.15) is 27.8 Å². The average Bonchev–Trinajstić information content (AvgIpc) is 2.56. The van der Waals surface area contributed by atoms with Crippen LogP contribution < -0.4 is 0 Å². The Kier molecular flexibility index (Phi) is 4.23. The Labute approximate surface area is 144 Å². The van der Waals surface area contributed by atoms with E-state index < -0.39 is 0 Å². The van der Waals surface area contributed by atoms with Crippen molar-refractivity contribution in [1.82, 2.24) is 0 Å². The number of hydrogen-bond acceptors (Lipinski definition) is 1. The van der Waals surface area contributed by atoms with Crippen LogP contribution in [0.15, 0.2) is 54.6 Å². The second kappa shape index (κ2) is 6.34. The maximum absolute atomic E-state index is 9.16. The molecule has 1 heteroatoms. The molecule has 0 amide bonds.